The normalized spacial score (nSPS) is 50.7. The van der Waals surface area contributed by atoms with Gasteiger partial charge >= 0.3 is 0 Å². The summed E-state index contributed by atoms with van der Waals surface area (Å²) in [6.45, 7) is -3.14. The average molecular weight is 520 g/mol. The van der Waals surface area contributed by atoms with Crippen LogP contribution in [-0.4, -0.2) is 168 Å². The number of hydrogen-bond donors (Lipinski definition) is 11. The summed E-state index contributed by atoms with van der Waals surface area (Å²) in [5.74, 6) is -2.36. The molecule has 3 heterocycles. The summed E-state index contributed by atoms with van der Waals surface area (Å²) in [5.41, 5.74) is 0. The maximum Gasteiger partial charge on any atom is 0.224 e. The topological polar surface area (TPSA) is 269 Å². The Hall–Kier alpha value is -0.640. The van der Waals surface area contributed by atoms with Crippen molar-refractivity contribution in [2.45, 2.75) is 92.9 Å². The zero-order valence-electron chi connectivity index (χ0n) is 17.8. The molecule has 0 saturated carbocycles. The molecule has 3 aliphatic heterocycles. The summed E-state index contributed by atoms with van der Waals surface area (Å²) in [6.07, 6.45) is -21.8. The van der Waals surface area contributed by atoms with Gasteiger partial charge in [-0.05, 0) is 0 Å². The number of aliphatic hydroxyl groups excluding tert-OH is 11. The monoisotopic (exact) mass is 520 g/mol. The van der Waals surface area contributed by atoms with E-state index < -0.39 is 112 Å². The predicted octanol–water partition coefficient (Wildman–Crippen LogP) is -6.94. The molecule has 3 aliphatic rings. The molecular weight excluding hydrogens is 484 g/mol. The SMILES string of the molecule is C.OCC1O[C@H](OCC2O[C@@H](O[C@]3(CO)O[C@H](CO)C(O)[C@H]3O)[C@@H](O)C(O)[C@H]2O)[C@@H](O)C(O)[C@H]1O. The summed E-state index contributed by atoms with van der Waals surface area (Å²) >= 11 is 0. The fourth-order valence-electron chi connectivity index (χ4n) is 4.01. The van der Waals surface area contributed by atoms with Crippen LogP contribution in [0.4, 0.5) is 0 Å². The first kappa shape index (κ1) is 30.6. The molecule has 0 spiro atoms. The maximum atomic E-state index is 10.3. The Morgan fingerprint density at radius 3 is 1.63 bits per heavy atom. The Balaban J connectivity index is 0.00000432. The van der Waals surface area contributed by atoms with Gasteiger partial charge < -0.3 is 79.9 Å². The molecule has 0 aromatic carbocycles. The standard InChI is InChI=1S/C18H32O16.CH4/c19-1-5-8(22)11(25)13(27)16(31-5)30-3-7-9(23)12(26)14(28)17(32-7)34-18(4-21)15(29)10(24)6(2-20)33-18;/h5-17,19-29H,1-4H2;1H4/t5?,6-,7?,8+,9+,10?,11?,12?,13+,14+,15-,16+,17+,18+;/m1./s1. The molecular formula is C19H36O16. The molecule has 16 heteroatoms. The molecule has 0 aromatic heterocycles. The lowest BCUT2D eigenvalue weighted by Gasteiger charge is -2.44. The number of rotatable bonds is 8. The second-order valence-electron chi connectivity index (χ2n) is 8.41. The van der Waals surface area contributed by atoms with Crippen molar-refractivity contribution in [3.8, 4) is 0 Å². The Labute approximate surface area is 200 Å². The van der Waals surface area contributed by atoms with Gasteiger partial charge in [-0.15, -0.1) is 0 Å². The van der Waals surface area contributed by atoms with E-state index in [1.807, 2.05) is 0 Å². The van der Waals surface area contributed by atoms with E-state index >= 15 is 0 Å². The average Bonchev–Trinajstić information content (AvgIpc) is 3.08. The van der Waals surface area contributed by atoms with E-state index in [4.69, 9.17) is 23.7 Å². The highest BCUT2D eigenvalue weighted by atomic mass is 16.8. The minimum absolute atomic E-state index is 0. The van der Waals surface area contributed by atoms with Crippen LogP contribution in [0, 0.1) is 0 Å². The van der Waals surface area contributed by atoms with Gasteiger partial charge in [0.2, 0.25) is 5.79 Å². The minimum atomic E-state index is -2.36. The molecule has 11 N–H and O–H groups in total. The largest absolute Gasteiger partial charge is 0.394 e. The molecule has 35 heavy (non-hydrogen) atoms. The van der Waals surface area contributed by atoms with E-state index in [0.717, 1.165) is 0 Å². The van der Waals surface area contributed by atoms with Gasteiger partial charge in [-0.2, -0.15) is 0 Å². The van der Waals surface area contributed by atoms with Crippen LogP contribution in [0.15, 0.2) is 0 Å². The van der Waals surface area contributed by atoms with Gasteiger partial charge in [0.25, 0.3) is 0 Å². The van der Waals surface area contributed by atoms with Gasteiger partial charge in [0.15, 0.2) is 12.6 Å². The third-order valence-corrected chi connectivity index (χ3v) is 6.16. The fraction of sp³-hybridized carbons (Fsp3) is 1.00. The molecule has 0 aliphatic carbocycles. The van der Waals surface area contributed by atoms with E-state index in [2.05, 4.69) is 0 Å². The van der Waals surface area contributed by atoms with Crippen molar-refractivity contribution in [3.05, 3.63) is 0 Å². The van der Waals surface area contributed by atoms with E-state index in [-0.39, 0.29) is 7.43 Å². The lowest BCUT2D eigenvalue weighted by atomic mass is 9.98. The number of ether oxygens (including phenoxy) is 5. The van der Waals surface area contributed by atoms with E-state index in [1.165, 1.54) is 0 Å². The Kier molecular flexibility index (Phi) is 10.7. The molecule has 3 fully saturated rings. The lowest BCUT2D eigenvalue weighted by molar-refractivity contribution is -0.388. The molecule has 0 radical (unpaired) electrons. The second-order valence-corrected chi connectivity index (χ2v) is 8.41. The lowest BCUT2D eigenvalue weighted by Crippen LogP contribution is -2.63. The van der Waals surface area contributed by atoms with Gasteiger partial charge in [-0.1, -0.05) is 7.43 Å². The highest BCUT2D eigenvalue weighted by molar-refractivity contribution is 4.98. The zero-order chi connectivity index (χ0) is 25.4. The van der Waals surface area contributed by atoms with Crippen LogP contribution in [-0.2, 0) is 23.7 Å². The second kappa shape index (κ2) is 12.3. The molecule has 3 saturated heterocycles. The van der Waals surface area contributed by atoms with Crippen molar-refractivity contribution in [1.29, 1.82) is 0 Å². The molecule has 5 unspecified atom stereocenters. The van der Waals surface area contributed by atoms with Crippen LogP contribution in [0.5, 0.6) is 0 Å². The van der Waals surface area contributed by atoms with Gasteiger partial charge in [0, 0.05) is 0 Å². The first-order chi connectivity index (χ1) is 16.0. The minimum Gasteiger partial charge on any atom is -0.394 e. The van der Waals surface area contributed by atoms with Crippen molar-refractivity contribution < 1.29 is 79.9 Å². The third-order valence-electron chi connectivity index (χ3n) is 6.16. The highest BCUT2D eigenvalue weighted by Crippen LogP contribution is 2.36. The van der Waals surface area contributed by atoms with Crippen molar-refractivity contribution in [2.75, 3.05) is 26.4 Å². The Morgan fingerprint density at radius 2 is 1.11 bits per heavy atom. The maximum absolute atomic E-state index is 10.3. The van der Waals surface area contributed by atoms with Gasteiger partial charge in [0.1, 0.15) is 73.8 Å². The van der Waals surface area contributed by atoms with Crippen LogP contribution in [0.1, 0.15) is 7.43 Å². The molecule has 3 rings (SSSR count). The summed E-state index contributed by atoms with van der Waals surface area (Å²) < 4.78 is 26.4. The van der Waals surface area contributed by atoms with Crippen LogP contribution < -0.4 is 0 Å². The van der Waals surface area contributed by atoms with Crippen LogP contribution in [0.25, 0.3) is 0 Å². The van der Waals surface area contributed by atoms with Gasteiger partial charge in [-0.25, -0.2) is 0 Å². The first-order valence-corrected chi connectivity index (χ1v) is 10.6. The molecule has 16 nitrogen and oxygen atoms in total. The Bertz CT molecular complexity index is 654. The molecule has 208 valence electrons. The predicted molar refractivity (Wildman–Crippen MR) is 108 cm³/mol. The van der Waals surface area contributed by atoms with Crippen molar-refractivity contribution in [2.24, 2.45) is 0 Å². The summed E-state index contributed by atoms with van der Waals surface area (Å²) in [6, 6.07) is 0. The molecule has 0 aromatic rings. The summed E-state index contributed by atoms with van der Waals surface area (Å²) in [4.78, 5) is 0. The van der Waals surface area contributed by atoms with Crippen LogP contribution in [0.2, 0.25) is 0 Å². The molecule has 0 amide bonds. The number of aliphatic hydroxyl groups is 11. The fourth-order valence-corrected chi connectivity index (χ4v) is 4.01. The summed E-state index contributed by atoms with van der Waals surface area (Å²) in [5, 5.41) is 109. The quantitative estimate of drug-likeness (QED) is 0.142. The zero-order valence-corrected chi connectivity index (χ0v) is 17.8. The van der Waals surface area contributed by atoms with E-state index in [0.29, 0.717) is 0 Å². The highest BCUT2D eigenvalue weighted by Gasteiger charge is 2.58. The van der Waals surface area contributed by atoms with Crippen molar-refractivity contribution in [1.82, 2.24) is 0 Å². The van der Waals surface area contributed by atoms with Gasteiger partial charge in [-0.3, -0.25) is 0 Å². The third kappa shape index (κ3) is 5.78. The molecule has 14 atom stereocenters. The number of hydrogen-bond acceptors (Lipinski definition) is 16. The summed E-state index contributed by atoms with van der Waals surface area (Å²) in [7, 11) is 0. The van der Waals surface area contributed by atoms with Crippen molar-refractivity contribution in [3.63, 3.8) is 0 Å². The smallest absolute Gasteiger partial charge is 0.224 e. The first-order valence-electron chi connectivity index (χ1n) is 10.6. The van der Waals surface area contributed by atoms with Crippen LogP contribution in [0.3, 0.4) is 0 Å². The van der Waals surface area contributed by atoms with Crippen LogP contribution >= 0.6 is 0 Å². The Morgan fingerprint density at radius 1 is 0.600 bits per heavy atom. The van der Waals surface area contributed by atoms with Gasteiger partial charge in [0.05, 0.1) is 19.8 Å². The molecule has 0 bridgehead atoms. The van der Waals surface area contributed by atoms with E-state index in [1.54, 1.807) is 0 Å². The van der Waals surface area contributed by atoms with Crippen molar-refractivity contribution >= 4 is 0 Å². The van der Waals surface area contributed by atoms with E-state index in [9.17, 15) is 56.2 Å².